The van der Waals surface area contributed by atoms with Gasteiger partial charge in [-0.2, -0.15) is 5.26 Å². The molecule has 2 heteroatoms. The molecular weight excluding hydrogens is 316 g/mol. The smallest absolute Gasteiger partial charge is 0.289 e. The van der Waals surface area contributed by atoms with Crippen molar-refractivity contribution >= 4 is 0 Å². The van der Waals surface area contributed by atoms with Crippen LogP contribution in [0.1, 0.15) is 88.7 Å². The average molecular weight is 351 g/mol. The van der Waals surface area contributed by atoms with Crippen LogP contribution < -0.4 is 0 Å². The Morgan fingerprint density at radius 1 is 1.04 bits per heavy atom. The Morgan fingerprint density at radius 3 is 2.23 bits per heavy atom. The molecule has 1 aliphatic rings. The van der Waals surface area contributed by atoms with Crippen molar-refractivity contribution in [3.05, 3.63) is 46.8 Å². The van der Waals surface area contributed by atoms with Gasteiger partial charge in [0.15, 0.2) is 6.07 Å². The molecule has 0 saturated heterocycles. The first-order valence-corrected chi connectivity index (χ1v) is 10.5. The summed E-state index contributed by atoms with van der Waals surface area (Å²) in [5.41, 5.74) is 1.05. The van der Waals surface area contributed by atoms with Gasteiger partial charge in [0.25, 0.3) is 0 Å². The first-order chi connectivity index (χ1) is 12.6. The third kappa shape index (κ3) is 5.60. The number of rotatable bonds is 9. The summed E-state index contributed by atoms with van der Waals surface area (Å²) in [6.07, 6.45) is 13.8. The van der Waals surface area contributed by atoms with Crippen LogP contribution in [0.2, 0.25) is 0 Å². The van der Waals surface area contributed by atoms with Crippen LogP contribution >= 0.6 is 0 Å². The van der Waals surface area contributed by atoms with Crippen LogP contribution in [0.25, 0.3) is 4.85 Å². The maximum atomic E-state index is 9.81. The Labute approximate surface area is 160 Å². The maximum Gasteiger partial charge on any atom is 0.341 e. The van der Waals surface area contributed by atoms with Crippen LogP contribution in [-0.4, -0.2) is 0 Å². The van der Waals surface area contributed by atoms with Gasteiger partial charge in [-0.05, 0) is 43.7 Å². The zero-order valence-electron chi connectivity index (χ0n) is 16.6. The lowest BCUT2D eigenvalue weighted by atomic mass is 9.73. The first kappa shape index (κ1) is 20.5. The summed E-state index contributed by atoms with van der Waals surface area (Å²) < 4.78 is 0. The summed E-state index contributed by atoms with van der Waals surface area (Å²) in [6.45, 7) is 12.0. The molecule has 1 aliphatic carbocycles. The first-order valence-electron chi connectivity index (χ1n) is 10.5. The molecule has 0 N–H and O–H groups in total. The van der Waals surface area contributed by atoms with Gasteiger partial charge in [0.2, 0.25) is 0 Å². The third-order valence-electron chi connectivity index (χ3n) is 6.17. The van der Waals surface area contributed by atoms with Gasteiger partial charge >= 0.3 is 5.54 Å². The van der Waals surface area contributed by atoms with E-state index in [-0.39, 0.29) is 0 Å². The SMILES string of the molecule is [C-]#[N+]C(C#N)(CC1CCC(CCCCCCC)CC1)c1ccc(C)cc1. The summed E-state index contributed by atoms with van der Waals surface area (Å²) >= 11 is 0. The van der Waals surface area contributed by atoms with Crippen LogP contribution in [0.15, 0.2) is 24.3 Å². The molecule has 1 aromatic carbocycles. The molecule has 1 fully saturated rings. The Bertz CT molecular complexity index is 595. The molecule has 0 spiro atoms. The van der Waals surface area contributed by atoms with E-state index >= 15 is 0 Å². The predicted molar refractivity (Wildman–Crippen MR) is 109 cm³/mol. The maximum absolute atomic E-state index is 9.81. The van der Waals surface area contributed by atoms with Gasteiger partial charge in [0.05, 0.1) is 5.56 Å². The van der Waals surface area contributed by atoms with E-state index in [2.05, 4.69) is 17.8 Å². The molecule has 0 aromatic heterocycles. The molecule has 1 saturated carbocycles. The van der Waals surface area contributed by atoms with Crippen LogP contribution in [-0.2, 0) is 5.54 Å². The molecule has 2 rings (SSSR count). The number of nitriles is 1. The van der Waals surface area contributed by atoms with E-state index in [0.717, 1.165) is 11.5 Å². The minimum Gasteiger partial charge on any atom is -0.289 e. The summed E-state index contributed by atoms with van der Waals surface area (Å²) in [4.78, 5) is 3.82. The number of unbranched alkanes of at least 4 members (excludes halogenated alkanes) is 4. The topological polar surface area (TPSA) is 28.1 Å². The number of aryl methyl sites for hydroxylation is 1. The largest absolute Gasteiger partial charge is 0.341 e. The lowest BCUT2D eigenvalue weighted by Crippen LogP contribution is -2.26. The molecular formula is C24H34N2. The van der Waals surface area contributed by atoms with E-state index in [4.69, 9.17) is 6.57 Å². The molecule has 1 aromatic rings. The molecule has 0 aliphatic heterocycles. The highest BCUT2D eigenvalue weighted by molar-refractivity contribution is 5.37. The Hall–Kier alpha value is -1.80. The normalized spacial score (nSPS) is 22.2. The second kappa shape index (κ2) is 10.4. The number of hydrogen-bond acceptors (Lipinski definition) is 1. The molecule has 0 radical (unpaired) electrons. The van der Waals surface area contributed by atoms with Gasteiger partial charge in [0.1, 0.15) is 0 Å². The highest BCUT2D eigenvalue weighted by Gasteiger charge is 2.42. The van der Waals surface area contributed by atoms with Crippen LogP contribution in [0.5, 0.6) is 0 Å². The fourth-order valence-corrected chi connectivity index (χ4v) is 4.37. The second-order valence-corrected chi connectivity index (χ2v) is 8.24. The zero-order chi connectivity index (χ0) is 18.8. The van der Waals surface area contributed by atoms with Crippen molar-refractivity contribution in [3.8, 4) is 6.07 Å². The minimum atomic E-state index is -0.995. The Balaban J connectivity index is 1.85. The van der Waals surface area contributed by atoms with Crippen LogP contribution in [0, 0.1) is 36.7 Å². The summed E-state index contributed by atoms with van der Waals surface area (Å²) in [6, 6.07) is 10.3. The van der Waals surface area contributed by atoms with E-state index in [1.54, 1.807) is 0 Å². The average Bonchev–Trinajstić information content (AvgIpc) is 2.68. The molecule has 1 unspecified atom stereocenters. The third-order valence-corrected chi connectivity index (χ3v) is 6.17. The van der Waals surface area contributed by atoms with E-state index < -0.39 is 5.54 Å². The van der Waals surface area contributed by atoms with Crippen molar-refractivity contribution in [1.29, 1.82) is 5.26 Å². The van der Waals surface area contributed by atoms with Crippen molar-refractivity contribution in [2.45, 2.75) is 90.0 Å². The van der Waals surface area contributed by atoms with Crippen molar-refractivity contribution in [2.75, 3.05) is 0 Å². The van der Waals surface area contributed by atoms with Crippen molar-refractivity contribution in [1.82, 2.24) is 0 Å². The fraction of sp³-hybridized carbons (Fsp3) is 0.667. The van der Waals surface area contributed by atoms with E-state index in [1.807, 2.05) is 31.2 Å². The van der Waals surface area contributed by atoms with Crippen LogP contribution in [0.3, 0.4) is 0 Å². The van der Waals surface area contributed by atoms with Gasteiger partial charge in [-0.3, -0.25) is 4.85 Å². The Morgan fingerprint density at radius 2 is 1.65 bits per heavy atom. The predicted octanol–water partition coefficient (Wildman–Crippen LogP) is 7.19. The van der Waals surface area contributed by atoms with Gasteiger partial charge < -0.3 is 0 Å². The molecule has 140 valence electrons. The Kier molecular flexibility index (Phi) is 8.18. The van der Waals surface area contributed by atoms with Crippen molar-refractivity contribution < 1.29 is 0 Å². The van der Waals surface area contributed by atoms with Gasteiger partial charge in [0, 0.05) is 6.42 Å². The van der Waals surface area contributed by atoms with E-state index in [1.165, 1.54) is 69.8 Å². The molecule has 0 heterocycles. The molecule has 0 bridgehead atoms. The second-order valence-electron chi connectivity index (χ2n) is 8.24. The molecule has 2 nitrogen and oxygen atoms in total. The minimum absolute atomic E-state index is 0.515. The lowest BCUT2D eigenvalue weighted by molar-refractivity contribution is 0.234. The quantitative estimate of drug-likeness (QED) is 0.342. The fourth-order valence-electron chi connectivity index (χ4n) is 4.37. The van der Waals surface area contributed by atoms with Crippen LogP contribution in [0.4, 0.5) is 0 Å². The van der Waals surface area contributed by atoms with E-state index in [0.29, 0.717) is 12.3 Å². The molecule has 1 atom stereocenters. The molecule has 26 heavy (non-hydrogen) atoms. The number of nitrogens with zero attached hydrogens (tertiary/aromatic N) is 2. The molecule has 0 amide bonds. The highest BCUT2D eigenvalue weighted by Crippen LogP contribution is 2.40. The summed E-state index contributed by atoms with van der Waals surface area (Å²) in [5, 5.41) is 9.81. The van der Waals surface area contributed by atoms with Crippen molar-refractivity contribution in [3.63, 3.8) is 0 Å². The monoisotopic (exact) mass is 350 g/mol. The summed E-state index contributed by atoms with van der Waals surface area (Å²) in [7, 11) is 0. The van der Waals surface area contributed by atoms with Gasteiger partial charge in [-0.1, -0.05) is 76.0 Å². The number of hydrogen-bond donors (Lipinski definition) is 0. The lowest BCUT2D eigenvalue weighted by Gasteiger charge is -2.30. The summed E-state index contributed by atoms with van der Waals surface area (Å²) in [5.74, 6) is 1.39. The highest BCUT2D eigenvalue weighted by atomic mass is 14.8. The van der Waals surface area contributed by atoms with Gasteiger partial charge in [-0.25, -0.2) is 6.57 Å². The van der Waals surface area contributed by atoms with E-state index in [9.17, 15) is 5.26 Å². The zero-order valence-corrected chi connectivity index (χ0v) is 16.6. The van der Waals surface area contributed by atoms with Gasteiger partial charge in [-0.15, -0.1) is 0 Å². The van der Waals surface area contributed by atoms with Crippen molar-refractivity contribution in [2.24, 2.45) is 11.8 Å². The number of benzene rings is 1. The standard InChI is InChI=1S/C24H34N2/c1-4-5-6-7-8-9-21-12-14-22(15-13-21)18-24(19-25,26-3)23-16-10-20(2)11-17-23/h10-11,16-17,21-22H,4-9,12-15,18H2,1-2H3.